The number of hydrogen-bond acceptors (Lipinski definition) is 6. The molecule has 0 spiro atoms. The Morgan fingerprint density at radius 1 is 0.600 bits per heavy atom. The van der Waals surface area contributed by atoms with E-state index >= 15 is 0 Å². The molecule has 0 aliphatic carbocycles. The molecule has 2 aromatic rings. The Morgan fingerprint density at radius 2 is 0.840 bits per heavy atom. The van der Waals surface area contributed by atoms with E-state index in [0.29, 0.717) is 0 Å². The summed E-state index contributed by atoms with van der Waals surface area (Å²) in [6.07, 6.45) is 0. The van der Waals surface area contributed by atoms with Crippen LogP contribution in [0.15, 0.2) is 48.5 Å². The van der Waals surface area contributed by atoms with E-state index in [9.17, 15) is 29.4 Å². The van der Waals surface area contributed by atoms with Gasteiger partial charge in [-0.25, -0.2) is 9.59 Å². The Bertz CT molecular complexity index is 667. The maximum absolute atomic E-state index is 10.4. The summed E-state index contributed by atoms with van der Waals surface area (Å²) < 4.78 is 0. The summed E-state index contributed by atoms with van der Waals surface area (Å²) in [4.78, 5) is 41.6. The Hall–Kier alpha value is -2.42. The molecule has 0 aliphatic rings. The normalized spacial score (nSPS) is 8.96. The van der Waals surface area contributed by atoms with Crippen LogP contribution in [0.1, 0.15) is 41.4 Å². The van der Waals surface area contributed by atoms with Crippen molar-refractivity contribution in [3.8, 4) is 0 Å². The molecule has 0 aliphatic heterocycles. The first-order valence-corrected chi connectivity index (χ1v) is 6.33. The van der Waals surface area contributed by atoms with Crippen molar-refractivity contribution in [3.05, 3.63) is 70.8 Å². The predicted molar refractivity (Wildman–Crippen MR) is 81.2 cm³/mol. The summed E-state index contributed by atoms with van der Waals surface area (Å²) in [6, 6.07) is 10.6. The monoisotopic (exact) mass is 370 g/mol. The second kappa shape index (κ2) is 10.4. The van der Waals surface area contributed by atoms with Crippen LogP contribution in [0, 0.1) is 0 Å². The summed E-state index contributed by atoms with van der Waals surface area (Å²) >= 11 is 0. The van der Waals surface area contributed by atoms with Crippen molar-refractivity contribution in [1.82, 2.24) is 0 Å². The van der Waals surface area contributed by atoms with Crippen LogP contribution >= 0.6 is 0 Å². The van der Waals surface area contributed by atoms with Gasteiger partial charge >= 0.3 is 49.7 Å². The third-order valence-electron chi connectivity index (χ3n) is 2.75. The number of carboxylic acids is 4. The van der Waals surface area contributed by atoms with Gasteiger partial charge in [0, 0.05) is 11.1 Å². The van der Waals surface area contributed by atoms with Crippen molar-refractivity contribution in [2.75, 3.05) is 0 Å². The standard InChI is InChI=1S/2C8H6O4.Ca/c2*9-7(10)5-3-1-2-4-6(5)8(11)12;/h2*1-4H,(H,9,10)(H,11,12);/q;;+2/p-2. The summed E-state index contributed by atoms with van der Waals surface area (Å²) in [5.41, 5.74) is -1.11. The minimum atomic E-state index is -1.48. The fourth-order valence-corrected chi connectivity index (χ4v) is 1.70. The molecule has 0 unspecified atom stereocenters. The summed E-state index contributed by atoms with van der Waals surface area (Å²) in [7, 11) is 0. The molecular formula is C16H10CaO8. The first-order chi connectivity index (χ1) is 11.3. The van der Waals surface area contributed by atoms with Gasteiger partial charge in [0.25, 0.3) is 0 Å². The maximum Gasteiger partial charge on any atom is 2.00 e. The van der Waals surface area contributed by atoms with E-state index in [4.69, 9.17) is 10.2 Å². The van der Waals surface area contributed by atoms with Crippen LogP contribution in [-0.2, 0) is 0 Å². The molecule has 0 radical (unpaired) electrons. The van der Waals surface area contributed by atoms with Gasteiger partial charge in [-0.2, -0.15) is 0 Å². The molecular weight excluding hydrogens is 360 g/mol. The third-order valence-corrected chi connectivity index (χ3v) is 2.75. The number of carboxylic acid groups (broad SMARTS) is 4. The Balaban J connectivity index is 0.000000443. The second-order valence-corrected chi connectivity index (χ2v) is 4.28. The van der Waals surface area contributed by atoms with E-state index in [1.54, 1.807) is 0 Å². The molecule has 25 heavy (non-hydrogen) atoms. The topological polar surface area (TPSA) is 155 Å². The van der Waals surface area contributed by atoms with Gasteiger partial charge in [0.15, 0.2) is 0 Å². The molecule has 2 N–H and O–H groups in total. The van der Waals surface area contributed by atoms with E-state index in [2.05, 4.69) is 0 Å². The van der Waals surface area contributed by atoms with Crippen molar-refractivity contribution in [2.24, 2.45) is 0 Å². The number of benzene rings is 2. The van der Waals surface area contributed by atoms with Gasteiger partial charge in [-0.3, -0.25) is 0 Å². The fraction of sp³-hybridized carbons (Fsp3) is 0. The van der Waals surface area contributed by atoms with Crippen LogP contribution in [0.2, 0.25) is 0 Å². The summed E-state index contributed by atoms with van der Waals surface area (Å²) in [6.45, 7) is 0. The molecule has 8 nitrogen and oxygen atoms in total. The third kappa shape index (κ3) is 6.54. The Labute approximate surface area is 171 Å². The van der Waals surface area contributed by atoms with Crippen LogP contribution in [0.25, 0.3) is 0 Å². The Kier molecular flexibility index (Phi) is 9.43. The number of hydrogen-bond donors (Lipinski definition) is 2. The summed E-state index contributed by atoms with van der Waals surface area (Å²) in [5.74, 6) is -5.49. The van der Waals surface area contributed by atoms with E-state index in [1.807, 2.05) is 0 Å². The van der Waals surface area contributed by atoms with Crippen molar-refractivity contribution < 1.29 is 39.6 Å². The minimum absolute atomic E-state index is 0. The first kappa shape index (κ1) is 22.6. The number of carbonyl (C=O) groups excluding carboxylic acids is 2. The average molecular weight is 370 g/mol. The first-order valence-electron chi connectivity index (χ1n) is 6.33. The SMILES string of the molecule is O=C([O-])c1ccccc1C(=O)O.O=C([O-])c1ccccc1C(=O)O.[Ca+2]. The smallest absolute Gasteiger partial charge is 0.545 e. The van der Waals surface area contributed by atoms with Gasteiger partial charge in [-0.1, -0.05) is 36.4 Å². The zero-order valence-corrected chi connectivity index (χ0v) is 14.9. The molecule has 9 heteroatoms. The molecule has 0 saturated heterocycles. The van der Waals surface area contributed by atoms with Gasteiger partial charge in [-0.15, -0.1) is 0 Å². The van der Waals surface area contributed by atoms with Gasteiger partial charge < -0.3 is 30.0 Å². The van der Waals surface area contributed by atoms with Crippen LogP contribution in [0.4, 0.5) is 0 Å². The Morgan fingerprint density at radius 3 is 1.00 bits per heavy atom. The molecule has 0 bridgehead atoms. The van der Waals surface area contributed by atoms with Crippen molar-refractivity contribution in [3.63, 3.8) is 0 Å². The van der Waals surface area contributed by atoms with Gasteiger partial charge in [-0.05, 0) is 12.1 Å². The van der Waals surface area contributed by atoms with E-state index < -0.39 is 23.9 Å². The van der Waals surface area contributed by atoms with Gasteiger partial charge in [0.2, 0.25) is 0 Å². The number of aromatic carboxylic acids is 4. The second-order valence-electron chi connectivity index (χ2n) is 4.28. The maximum atomic E-state index is 10.4. The molecule has 0 amide bonds. The molecule has 124 valence electrons. The molecule has 0 atom stereocenters. The molecule has 0 fully saturated rings. The van der Waals surface area contributed by atoms with Crippen molar-refractivity contribution in [2.45, 2.75) is 0 Å². The summed E-state index contributed by atoms with van der Waals surface area (Å²) in [5, 5.41) is 37.8. The molecule has 0 aromatic heterocycles. The molecule has 2 rings (SSSR count). The van der Waals surface area contributed by atoms with E-state index in [1.165, 1.54) is 48.5 Å². The van der Waals surface area contributed by atoms with Crippen LogP contribution in [0.5, 0.6) is 0 Å². The van der Waals surface area contributed by atoms with E-state index in [-0.39, 0.29) is 60.0 Å². The van der Waals surface area contributed by atoms with Crippen LogP contribution in [-0.4, -0.2) is 71.8 Å². The van der Waals surface area contributed by atoms with Gasteiger partial charge in [0.05, 0.1) is 23.1 Å². The zero-order chi connectivity index (χ0) is 18.3. The van der Waals surface area contributed by atoms with Crippen molar-refractivity contribution in [1.29, 1.82) is 0 Å². The van der Waals surface area contributed by atoms with Crippen molar-refractivity contribution >= 4 is 61.6 Å². The van der Waals surface area contributed by atoms with E-state index in [0.717, 1.165) is 0 Å². The quantitative estimate of drug-likeness (QED) is 0.657. The number of carbonyl (C=O) groups is 4. The number of rotatable bonds is 4. The largest absolute Gasteiger partial charge is 2.00 e. The molecule has 0 heterocycles. The fourth-order valence-electron chi connectivity index (χ4n) is 1.70. The zero-order valence-electron chi connectivity index (χ0n) is 12.7. The average Bonchev–Trinajstić information content (AvgIpc) is 2.55. The predicted octanol–water partition coefficient (Wildman–Crippen LogP) is -0.884. The molecule has 2 aromatic carbocycles. The van der Waals surface area contributed by atoms with Crippen LogP contribution in [0.3, 0.4) is 0 Å². The van der Waals surface area contributed by atoms with Crippen LogP contribution < -0.4 is 10.2 Å². The minimum Gasteiger partial charge on any atom is -0.545 e. The molecule has 0 saturated carbocycles. The van der Waals surface area contributed by atoms with Gasteiger partial charge in [0.1, 0.15) is 0 Å².